The molecule has 0 aromatic carbocycles. The third kappa shape index (κ3) is 4.33. The number of hydrogen-bond acceptors (Lipinski definition) is 7. The standard InChI is InChI=1S/C19H26N6O2/c1-12-13(2)23-17(19(26)20-3)24-18(12)25-6-5-15(11-25)22-9-14-7-16(27-4)10-21-8-14/h7-8,10,15,22H,5-6,9,11H2,1-4H3,(H,20,26)/t15-/m1/s1. The van der Waals surface area contributed by atoms with E-state index < -0.39 is 0 Å². The zero-order valence-electron chi connectivity index (χ0n) is 16.2. The molecule has 2 aromatic heterocycles. The number of methoxy groups -OCH3 is 1. The minimum Gasteiger partial charge on any atom is -0.495 e. The van der Waals surface area contributed by atoms with Crippen LogP contribution in [0.25, 0.3) is 0 Å². The van der Waals surface area contributed by atoms with Gasteiger partial charge in [0.2, 0.25) is 5.82 Å². The maximum Gasteiger partial charge on any atom is 0.288 e. The predicted octanol–water partition coefficient (Wildman–Crippen LogP) is 1.23. The summed E-state index contributed by atoms with van der Waals surface area (Å²) < 4.78 is 5.22. The van der Waals surface area contributed by atoms with Gasteiger partial charge < -0.3 is 20.3 Å². The summed E-state index contributed by atoms with van der Waals surface area (Å²) in [5.74, 6) is 1.55. The molecular formula is C19H26N6O2. The van der Waals surface area contributed by atoms with Crippen LogP contribution >= 0.6 is 0 Å². The van der Waals surface area contributed by atoms with Gasteiger partial charge in [0.15, 0.2) is 0 Å². The number of pyridine rings is 1. The molecule has 1 aliphatic heterocycles. The van der Waals surface area contributed by atoms with E-state index in [9.17, 15) is 4.79 Å². The molecule has 144 valence electrons. The largest absolute Gasteiger partial charge is 0.495 e. The summed E-state index contributed by atoms with van der Waals surface area (Å²) in [6.07, 6.45) is 4.55. The number of carbonyl (C=O) groups is 1. The minimum absolute atomic E-state index is 0.217. The minimum atomic E-state index is -0.265. The maximum absolute atomic E-state index is 11.9. The number of rotatable bonds is 6. The van der Waals surface area contributed by atoms with E-state index in [1.54, 1.807) is 20.4 Å². The van der Waals surface area contributed by atoms with Crippen LogP contribution in [0.15, 0.2) is 18.5 Å². The molecule has 0 spiro atoms. The first kappa shape index (κ1) is 19.0. The molecule has 3 rings (SSSR count). The lowest BCUT2D eigenvalue weighted by Gasteiger charge is -2.21. The molecule has 27 heavy (non-hydrogen) atoms. The van der Waals surface area contributed by atoms with Crippen LogP contribution in [-0.4, -0.2) is 54.1 Å². The van der Waals surface area contributed by atoms with Crippen molar-refractivity contribution in [3.63, 3.8) is 0 Å². The van der Waals surface area contributed by atoms with Crippen LogP contribution in [0.2, 0.25) is 0 Å². The number of amides is 1. The number of anilines is 1. The number of carbonyl (C=O) groups excluding carboxylic acids is 1. The summed E-state index contributed by atoms with van der Waals surface area (Å²) in [4.78, 5) is 27.2. The van der Waals surface area contributed by atoms with Gasteiger partial charge in [-0.05, 0) is 31.9 Å². The fourth-order valence-electron chi connectivity index (χ4n) is 3.19. The van der Waals surface area contributed by atoms with Crippen LogP contribution in [0.1, 0.15) is 33.9 Å². The van der Waals surface area contributed by atoms with Crippen LogP contribution < -0.4 is 20.3 Å². The zero-order chi connectivity index (χ0) is 19.4. The second-order valence-electron chi connectivity index (χ2n) is 6.71. The topological polar surface area (TPSA) is 92.3 Å². The number of nitrogens with zero attached hydrogens (tertiary/aromatic N) is 4. The number of hydrogen-bond donors (Lipinski definition) is 2. The molecule has 1 amide bonds. The lowest BCUT2D eigenvalue weighted by atomic mass is 10.2. The molecule has 1 atom stereocenters. The lowest BCUT2D eigenvalue weighted by molar-refractivity contribution is 0.0952. The number of aromatic nitrogens is 3. The summed E-state index contributed by atoms with van der Waals surface area (Å²) in [5, 5.41) is 6.16. The first-order valence-electron chi connectivity index (χ1n) is 9.05. The Hall–Kier alpha value is -2.74. The highest BCUT2D eigenvalue weighted by atomic mass is 16.5. The van der Waals surface area contributed by atoms with Crippen molar-refractivity contribution >= 4 is 11.7 Å². The van der Waals surface area contributed by atoms with Gasteiger partial charge in [-0.15, -0.1) is 0 Å². The van der Waals surface area contributed by atoms with Crippen LogP contribution in [0.3, 0.4) is 0 Å². The van der Waals surface area contributed by atoms with Crippen LogP contribution in [0.4, 0.5) is 5.82 Å². The Morgan fingerprint density at radius 2 is 2.15 bits per heavy atom. The Morgan fingerprint density at radius 1 is 1.33 bits per heavy atom. The zero-order valence-corrected chi connectivity index (χ0v) is 16.2. The van der Waals surface area contributed by atoms with Gasteiger partial charge in [-0.2, -0.15) is 0 Å². The number of aryl methyl sites for hydroxylation is 1. The van der Waals surface area contributed by atoms with Crippen molar-refractivity contribution in [1.29, 1.82) is 0 Å². The summed E-state index contributed by atoms with van der Waals surface area (Å²) in [7, 11) is 3.23. The average molecular weight is 370 g/mol. The van der Waals surface area contributed by atoms with Crippen LogP contribution in [0.5, 0.6) is 5.75 Å². The molecule has 1 fully saturated rings. The van der Waals surface area contributed by atoms with Crippen molar-refractivity contribution in [2.24, 2.45) is 0 Å². The molecule has 1 aliphatic rings. The van der Waals surface area contributed by atoms with E-state index in [1.165, 1.54) is 0 Å². The van der Waals surface area contributed by atoms with Gasteiger partial charge in [-0.25, -0.2) is 9.97 Å². The molecule has 1 saturated heterocycles. The van der Waals surface area contributed by atoms with Gasteiger partial charge in [0.05, 0.1) is 13.3 Å². The van der Waals surface area contributed by atoms with E-state index in [4.69, 9.17) is 4.74 Å². The van der Waals surface area contributed by atoms with Gasteiger partial charge >= 0.3 is 0 Å². The molecule has 2 N–H and O–H groups in total. The Labute approximate surface area is 159 Å². The van der Waals surface area contributed by atoms with Gasteiger partial charge in [0, 0.05) is 50.2 Å². The smallest absolute Gasteiger partial charge is 0.288 e. The Morgan fingerprint density at radius 3 is 2.89 bits per heavy atom. The Kier molecular flexibility index (Phi) is 5.85. The third-order valence-corrected chi connectivity index (χ3v) is 4.88. The van der Waals surface area contributed by atoms with E-state index in [0.717, 1.165) is 54.4 Å². The summed E-state index contributed by atoms with van der Waals surface area (Å²) >= 11 is 0. The molecule has 3 heterocycles. The summed E-state index contributed by atoms with van der Waals surface area (Å²) in [6.45, 7) is 6.36. The molecule has 8 heteroatoms. The molecular weight excluding hydrogens is 344 g/mol. The normalized spacial score (nSPS) is 16.4. The van der Waals surface area contributed by atoms with Gasteiger partial charge in [-0.3, -0.25) is 9.78 Å². The Balaban J connectivity index is 1.67. The third-order valence-electron chi connectivity index (χ3n) is 4.88. The van der Waals surface area contributed by atoms with Crippen molar-refractivity contribution in [2.45, 2.75) is 32.9 Å². The van der Waals surface area contributed by atoms with Gasteiger partial charge in [-0.1, -0.05) is 0 Å². The highest BCUT2D eigenvalue weighted by Crippen LogP contribution is 2.24. The molecule has 0 unspecified atom stereocenters. The molecule has 0 saturated carbocycles. The fourth-order valence-corrected chi connectivity index (χ4v) is 3.19. The first-order chi connectivity index (χ1) is 13.0. The molecule has 8 nitrogen and oxygen atoms in total. The SMILES string of the molecule is CNC(=O)c1nc(C)c(C)c(N2CC[C@@H](NCc3cncc(OC)c3)C2)n1. The van der Waals surface area contributed by atoms with Crippen molar-refractivity contribution in [3.8, 4) is 5.75 Å². The second-order valence-corrected chi connectivity index (χ2v) is 6.71. The van der Waals surface area contributed by atoms with Gasteiger partial charge in [0.1, 0.15) is 11.6 Å². The summed E-state index contributed by atoms with van der Waals surface area (Å²) in [5.41, 5.74) is 2.93. The maximum atomic E-state index is 11.9. The van der Waals surface area contributed by atoms with Crippen molar-refractivity contribution in [3.05, 3.63) is 41.1 Å². The summed E-state index contributed by atoms with van der Waals surface area (Å²) in [6, 6.07) is 2.33. The average Bonchev–Trinajstić information content (AvgIpc) is 3.16. The van der Waals surface area contributed by atoms with E-state index in [-0.39, 0.29) is 11.7 Å². The highest BCUT2D eigenvalue weighted by molar-refractivity contribution is 5.90. The monoisotopic (exact) mass is 370 g/mol. The first-order valence-corrected chi connectivity index (χ1v) is 9.05. The van der Waals surface area contributed by atoms with E-state index in [1.807, 2.05) is 26.1 Å². The number of nitrogens with one attached hydrogen (secondary N) is 2. The van der Waals surface area contributed by atoms with Crippen molar-refractivity contribution in [2.75, 3.05) is 32.1 Å². The van der Waals surface area contributed by atoms with Crippen LogP contribution in [0, 0.1) is 13.8 Å². The highest BCUT2D eigenvalue weighted by Gasteiger charge is 2.26. The van der Waals surface area contributed by atoms with E-state index >= 15 is 0 Å². The molecule has 0 radical (unpaired) electrons. The second kappa shape index (κ2) is 8.30. The van der Waals surface area contributed by atoms with E-state index in [2.05, 4.69) is 30.5 Å². The Bertz CT molecular complexity index is 826. The molecule has 2 aromatic rings. The van der Waals surface area contributed by atoms with Crippen molar-refractivity contribution < 1.29 is 9.53 Å². The quantitative estimate of drug-likeness (QED) is 0.790. The number of ether oxygens (including phenoxy) is 1. The lowest BCUT2D eigenvalue weighted by Crippen LogP contribution is -2.33. The van der Waals surface area contributed by atoms with Crippen molar-refractivity contribution in [1.82, 2.24) is 25.6 Å². The van der Waals surface area contributed by atoms with Gasteiger partial charge in [0.25, 0.3) is 5.91 Å². The fraction of sp³-hybridized carbons (Fsp3) is 0.474. The molecule has 0 aliphatic carbocycles. The van der Waals surface area contributed by atoms with Crippen LogP contribution in [-0.2, 0) is 6.54 Å². The van der Waals surface area contributed by atoms with E-state index in [0.29, 0.717) is 6.04 Å². The molecule has 0 bridgehead atoms. The predicted molar refractivity (Wildman–Crippen MR) is 103 cm³/mol.